The predicted octanol–water partition coefficient (Wildman–Crippen LogP) is 2.08. The van der Waals surface area contributed by atoms with Crippen molar-refractivity contribution in [2.75, 3.05) is 5.73 Å². The van der Waals surface area contributed by atoms with Crippen LogP contribution in [0.2, 0.25) is 5.15 Å². The fraction of sp³-hybridized carbons (Fsp3) is 0. The number of carbonyl (C=O) groups is 1. The number of nitrogens with zero attached hydrogens (tertiary/aromatic N) is 2. The maximum Gasteiger partial charge on any atom is 0.355 e. The van der Waals surface area contributed by atoms with Crippen LogP contribution >= 0.6 is 11.6 Å². The largest absolute Gasteiger partial charge is 0.476 e. The van der Waals surface area contributed by atoms with Crippen LogP contribution in [0.25, 0.3) is 11.1 Å². The summed E-state index contributed by atoms with van der Waals surface area (Å²) in [6.07, 6.45) is 0. The molecule has 0 spiro atoms. The van der Waals surface area contributed by atoms with Gasteiger partial charge < -0.3 is 10.8 Å². The van der Waals surface area contributed by atoms with Gasteiger partial charge in [-0.05, 0) is 5.56 Å². The van der Waals surface area contributed by atoms with Crippen molar-refractivity contribution in [3.63, 3.8) is 0 Å². The lowest BCUT2D eigenvalue weighted by Gasteiger charge is -2.07. The van der Waals surface area contributed by atoms with Gasteiger partial charge >= 0.3 is 5.97 Å². The third-order valence-electron chi connectivity index (χ3n) is 2.15. The first-order valence-electron chi connectivity index (χ1n) is 4.71. The highest BCUT2D eigenvalue weighted by molar-refractivity contribution is 6.33. The Morgan fingerprint density at radius 3 is 2.47 bits per heavy atom. The molecule has 2 aromatic rings. The molecule has 6 heteroatoms. The van der Waals surface area contributed by atoms with Crippen molar-refractivity contribution in [3.8, 4) is 11.1 Å². The molecule has 0 saturated carbocycles. The summed E-state index contributed by atoms with van der Waals surface area (Å²) in [4.78, 5) is 18.5. The Labute approximate surface area is 102 Å². The Kier molecular flexibility index (Phi) is 2.93. The molecule has 0 radical (unpaired) electrons. The zero-order valence-corrected chi connectivity index (χ0v) is 9.35. The van der Waals surface area contributed by atoms with Crippen LogP contribution < -0.4 is 5.73 Å². The van der Waals surface area contributed by atoms with Crippen molar-refractivity contribution < 1.29 is 9.90 Å². The Morgan fingerprint density at radius 1 is 1.24 bits per heavy atom. The van der Waals surface area contributed by atoms with E-state index in [1.165, 1.54) is 0 Å². The first-order valence-corrected chi connectivity index (χ1v) is 5.09. The lowest BCUT2D eigenvalue weighted by Crippen LogP contribution is -2.08. The van der Waals surface area contributed by atoms with Gasteiger partial charge in [0, 0.05) is 0 Å². The van der Waals surface area contributed by atoms with E-state index in [2.05, 4.69) is 9.97 Å². The molecule has 0 aliphatic heterocycles. The molecule has 17 heavy (non-hydrogen) atoms. The summed E-state index contributed by atoms with van der Waals surface area (Å²) in [7, 11) is 0. The predicted molar refractivity (Wildman–Crippen MR) is 63.8 cm³/mol. The van der Waals surface area contributed by atoms with E-state index < -0.39 is 5.97 Å². The van der Waals surface area contributed by atoms with Crippen molar-refractivity contribution in [3.05, 3.63) is 41.2 Å². The number of hydrogen-bond acceptors (Lipinski definition) is 4. The molecule has 0 saturated heterocycles. The SMILES string of the molecule is Nc1nc(Cl)c(-c2ccccc2)c(C(=O)O)n1. The molecule has 1 aromatic carbocycles. The van der Waals surface area contributed by atoms with Crippen LogP contribution in [-0.4, -0.2) is 21.0 Å². The molecular formula is C11H8ClN3O2. The summed E-state index contributed by atoms with van der Waals surface area (Å²) < 4.78 is 0. The minimum Gasteiger partial charge on any atom is -0.476 e. The smallest absolute Gasteiger partial charge is 0.355 e. The highest BCUT2D eigenvalue weighted by Crippen LogP contribution is 2.29. The Hall–Kier alpha value is -2.14. The highest BCUT2D eigenvalue weighted by Gasteiger charge is 2.19. The number of nitrogens with two attached hydrogens (primary N) is 1. The summed E-state index contributed by atoms with van der Waals surface area (Å²) in [5.41, 5.74) is 6.08. The van der Waals surface area contributed by atoms with Gasteiger partial charge in [-0.15, -0.1) is 0 Å². The minimum atomic E-state index is -1.19. The minimum absolute atomic E-state index is 0.0288. The number of nitrogen functional groups attached to an aromatic ring is 1. The fourth-order valence-corrected chi connectivity index (χ4v) is 1.75. The molecule has 0 aliphatic rings. The van der Waals surface area contributed by atoms with Crippen LogP contribution in [0.3, 0.4) is 0 Å². The van der Waals surface area contributed by atoms with E-state index >= 15 is 0 Å². The summed E-state index contributed by atoms with van der Waals surface area (Å²) in [5, 5.41) is 9.10. The van der Waals surface area contributed by atoms with Gasteiger partial charge in [0.1, 0.15) is 5.15 Å². The highest BCUT2D eigenvalue weighted by atomic mass is 35.5. The number of aromatic nitrogens is 2. The normalized spacial score (nSPS) is 10.2. The van der Waals surface area contributed by atoms with Crippen molar-refractivity contribution in [1.82, 2.24) is 9.97 Å². The van der Waals surface area contributed by atoms with Gasteiger partial charge in [-0.3, -0.25) is 0 Å². The van der Waals surface area contributed by atoms with Crippen LogP contribution in [0, 0.1) is 0 Å². The average molecular weight is 250 g/mol. The Bertz CT molecular complexity index is 572. The Morgan fingerprint density at radius 2 is 1.88 bits per heavy atom. The van der Waals surface area contributed by atoms with Gasteiger partial charge in [0.05, 0.1) is 5.56 Å². The maximum absolute atomic E-state index is 11.1. The zero-order valence-electron chi connectivity index (χ0n) is 8.59. The van der Waals surface area contributed by atoms with Crippen LogP contribution in [0.5, 0.6) is 0 Å². The lowest BCUT2D eigenvalue weighted by molar-refractivity contribution is 0.0691. The second-order valence-electron chi connectivity index (χ2n) is 3.27. The average Bonchev–Trinajstić information content (AvgIpc) is 2.29. The number of carboxylic acids is 1. The van der Waals surface area contributed by atoms with Gasteiger partial charge in [0.15, 0.2) is 5.69 Å². The molecular weight excluding hydrogens is 242 g/mol. The second kappa shape index (κ2) is 4.39. The standard InChI is InChI=1S/C11H8ClN3O2/c12-9-7(6-4-2-1-3-5-6)8(10(16)17)14-11(13)15-9/h1-5H,(H,16,17)(H2,13,14,15). The lowest BCUT2D eigenvalue weighted by atomic mass is 10.1. The van der Waals surface area contributed by atoms with E-state index in [4.69, 9.17) is 22.4 Å². The summed E-state index contributed by atoms with van der Waals surface area (Å²) in [6.45, 7) is 0. The van der Waals surface area contributed by atoms with Gasteiger partial charge in [0.25, 0.3) is 0 Å². The van der Waals surface area contributed by atoms with E-state index in [1.807, 2.05) is 6.07 Å². The number of rotatable bonds is 2. The van der Waals surface area contributed by atoms with Gasteiger partial charge in [-0.1, -0.05) is 41.9 Å². The van der Waals surface area contributed by atoms with Gasteiger partial charge in [0.2, 0.25) is 5.95 Å². The zero-order chi connectivity index (χ0) is 12.4. The summed E-state index contributed by atoms with van der Waals surface area (Å²) in [5.74, 6) is -1.35. The van der Waals surface area contributed by atoms with E-state index in [0.29, 0.717) is 5.56 Å². The maximum atomic E-state index is 11.1. The van der Waals surface area contributed by atoms with Crippen molar-refractivity contribution >= 4 is 23.5 Å². The van der Waals surface area contributed by atoms with Crippen LogP contribution in [0.1, 0.15) is 10.5 Å². The molecule has 0 atom stereocenters. The molecule has 3 N–H and O–H groups in total. The van der Waals surface area contributed by atoms with E-state index in [1.54, 1.807) is 24.3 Å². The van der Waals surface area contributed by atoms with Crippen molar-refractivity contribution in [2.45, 2.75) is 0 Å². The quantitative estimate of drug-likeness (QED) is 0.796. The topological polar surface area (TPSA) is 89.1 Å². The number of aromatic carboxylic acids is 1. The molecule has 1 aromatic heterocycles. The first-order chi connectivity index (χ1) is 8.09. The summed E-state index contributed by atoms with van der Waals surface area (Å²) in [6, 6.07) is 8.82. The monoisotopic (exact) mass is 249 g/mol. The molecule has 0 fully saturated rings. The molecule has 0 unspecified atom stereocenters. The summed E-state index contributed by atoms with van der Waals surface area (Å²) >= 11 is 5.92. The van der Waals surface area contributed by atoms with Gasteiger partial charge in [-0.25, -0.2) is 14.8 Å². The number of halogens is 1. The number of hydrogen-bond donors (Lipinski definition) is 2. The molecule has 5 nitrogen and oxygen atoms in total. The molecule has 86 valence electrons. The number of benzene rings is 1. The van der Waals surface area contributed by atoms with Crippen LogP contribution in [-0.2, 0) is 0 Å². The Balaban J connectivity index is 2.72. The van der Waals surface area contributed by atoms with E-state index in [9.17, 15) is 4.79 Å². The third-order valence-corrected chi connectivity index (χ3v) is 2.42. The molecule has 0 aliphatic carbocycles. The second-order valence-corrected chi connectivity index (χ2v) is 3.63. The third kappa shape index (κ3) is 2.19. The van der Waals surface area contributed by atoms with Crippen LogP contribution in [0.15, 0.2) is 30.3 Å². The molecule has 1 heterocycles. The number of carboxylic acid groups (broad SMARTS) is 1. The van der Waals surface area contributed by atoms with E-state index in [-0.39, 0.29) is 22.4 Å². The van der Waals surface area contributed by atoms with Gasteiger partial charge in [-0.2, -0.15) is 0 Å². The van der Waals surface area contributed by atoms with Crippen molar-refractivity contribution in [1.29, 1.82) is 0 Å². The number of anilines is 1. The van der Waals surface area contributed by atoms with Crippen LogP contribution in [0.4, 0.5) is 5.95 Å². The fourth-order valence-electron chi connectivity index (χ4n) is 1.47. The molecule has 0 bridgehead atoms. The molecule has 2 rings (SSSR count). The first kappa shape index (κ1) is 11.3. The van der Waals surface area contributed by atoms with E-state index in [0.717, 1.165) is 0 Å². The molecule has 0 amide bonds. The van der Waals surface area contributed by atoms with Crippen molar-refractivity contribution in [2.24, 2.45) is 0 Å².